The molecule has 0 aromatic heterocycles. The van der Waals surface area contributed by atoms with Crippen LogP contribution in [0.1, 0.15) is 12.8 Å². The maximum Gasteiger partial charge on any atom is 0.0716 e. The third-order valence-corrected chi connectivity index (χ3v) is 2.22. The molecule has 0 amide bonds. The van der Waals surface area contributed by atoms with E-state index in [2.05, 4.69) is 5.32 Å². The second-order valence-electron chi connectivity index (χ2n) is 3.43. The predicted molar refractivity (Wildman–Crippen MR) is 54.3 cm³/mol. The van der Waals surface area contributed by atoms with Crippen molar-refractivity contribution in [1.82, 2.24) is 5.32 Å². The SMILES string of the molecule is OCC[C@H](O)[C@@H](CCO)NC(CO)CO. The highest BCUT2D eigenvalue weighted by atomic mass is 16.3. The highest BCUT2D eigenvalue weighted by Gasteiger charge is 2.20. The maximum atomic E-state index is 9.58. The lowest BCUT2D eigenvalue weighted by atomic mass is 10.0. The first kappa shape index (κ1) is 14.8. The molecule has 0 saturated carbocycles. The Bertz CT molecular complexity index is 142. The van der Waals surface area contributed by atoms with Crippen molar-refractivity contribution in [2.45, 2.75) is 31.0 Å². The average molecular weight is 223 g/mol. The number of hydrogen-bond acceptors (Lipinski definition) is 6. The third-order valence-electron chi connectivity index (χ3n) is 2.22. The summed E-state index contributed by atoms with van der Waals surface area (Å²) in [6, 6.07) is -0.957. The van der Waals surface area contributed by atoms with Gasteiger partial charge in [-0.15, -0.1) is 0 Å². The van der Waals surface area contributed by atoms with Crippen LogP contribution in [0.25, 0.3) is 0 Å². The van der Waals surface area contributed by atoms with Crippen LogP contribution in [-0.2, 0) is 0 Å². The summed E-state index contributed by atoms with van der Waals surface area (Å²) in [5.74, 6) is 0. The van der Waals surface area contributed by atoms with Gasteiger partial charge in [-0.05, 0) is 12.8 Å². The molecule has 2 atom stereocenters. The summed E-state index contributed by atoms with van der Waals surface area (Å²) in [4.78, 5) is 0. The van der Waals surface area contributed by atoms with Crippen molar-refractivity contribution in [3.63, 3.8) is 0 Å². The number of nitrogens with one attached hydrogen (secondary N) is 1. The Morgan fingerprint density at radius 1 is 0.867 bits per heavy atom. The van der Waals surface area contributed by atoms with Crippen molar-refractivity contribution in [1.29, 1.82) is 0 Å². The molecule has 0 aromatic rings. The third kappa shape index (κ3) is 6.03. The molecule has 92 valence electrons. The smallest absolute Gasteiger partial charge is 0.0716 e. The first-order valence-corrected chi connectivity index (χ1v) is 5.07. The summed E-state index contributed by atoms with van der Waals surface area (Å²) in [6.45, 7) is -0.744. The molecule has 0 aliphatic heterocycles. The summed E-state index contributed by atoms with van der Waals surface area (Å²) in [6.07, 6.45) is -0.304. The lowest BCUT2D eigenvalue weighted by Gasteiger charge is -2.26. The Morgan fingerprint density at radius 3 is 1.80 bits per heavy atom. The number of aliphatic hydroxyl groups excluding tert-OH is 5. The Morgan fingerprint density at radius 2 is 1.40 bits per heavy atom. The molecule has 0 unspecified atom stereocenters. The molecule has 15 heavy (non-hydrogen) atoms. The maximum absolute atomic E-state index is 9.58. The lowest BCUT2D eigenvalue weighted by molar-refractivity contribution is 0.0649. The van der Waals surface area contributed by atoms with Crippen LogP contribution >= 0.6 is 0 Å². The molecule has 0 rings (SSSR count). The van der Waals surface area contributed by atoms with E-state index < -0.39 is 18.2 Å². The van der Waals surface area contributed by atoms with Crippen LogP contribution < -0.4 is 5.32 Å². The van der Waals surface area contributed by atoms with Crippen molar-refractivity contribution in [3.8, 4) is 0 Å². The van der Waals surface area contributed by atoms with Gasteiger partial charge in [-0.2, -0.15) is 0 Å². The quantitative estimate of drug-likeness (QED) is 0.256. The minimum atomic E-state index is -0.803. The first-order chi connectivity index (χ1) is 7.19. The molecular weight excluding hydrogens is 202 g/mol. The summed E-state index contributed by atoms with van der Waals surface area (Å²) in [5, 5.41) is 47.5. The molecule has 0 saturated heterocycles. The molecule has 6 nitrogen and oxygen atoms in total. The number of rotatable bonds is 9. The van der Waals surface area contributed by atoms with Gasteiger partial charge in [-0.1, -0.05) is 0 Å². The fraction of sp³-hybridized carbons (Fsp3) is 1.00. The predicted octanol–water partition coefficient (Wildman–Crippen LogP) is -2.58. The second kappa shape index (κ2) is 9.02. The van der Waals surface area contributed by atoms with E-state index in [1.807, 2.05) is 0 Å². The molecule has 0 spiro atoms. The van der Waals surface area contributed by atoms with E-state index >= 15 is 0 Å². The molecule has 0 heterocycles. The molecular formula is C9H21NO5. The van der Waals surface area contributed by atoms with Crippen molar-refractivity contribution >= 4 is 0 Å². The molecule has 0 fully saturated rings. The van der Waals surface area contributed by atoms with Gasteiger partial charge in [-0.3, -0.25) is 0 Å². The molecule has 0 aliphatic rings. The average Bonchev–Trinajstić information content (AvgIpc) is 2.24. The Hall–Kier alpha value is -0.240. The number of hydrogen-bond donors (Lipinski definition) is 6. The molecule has 6 heteroatoms. The van der Waals surface area contributed by atoms with E-state index in [1.165, 1.54) is 0 Å². The first-order valence-electron chi connectivity index (χ1n) is 5.07. The largest absolute Gasteiger partial charge is 0.396 e. The summed E-state index contributed by atoms with van der Waals surface area (Å²) in [7, 11) is 0. The Labute approximate surface area is 89.2 Å². The summed E-state index contributed by atoms with van der Waals surface area (Å²) in [5.41, 5.74) is 0. The second-order valence-corrected chi connectivity index (χ2v) is 3.43. The topological polar surface area (TPSA) is 113 Å². The monoisotopic (exact) mass is 223 g/mol. The van der Waals surface area contributed by atoms with Crippen LogP contribution in [0.5, 0.6) is 0 Å². The van der Waals surface area contributed by atoms with Crippen LogP contribution in [0.3, 0.4) is 0 Å². The van der Waals surface area contributed by atoms with Gasteiger partial charge in [0.2, 0.25) is 0 Å². The lowest BCUT2D eigenvalue weighted by Crippen LogP contribution is -2.49. The van der Waals surface area contributed by atoms with E-state index in [4.69, 9.17) is 20.4 Å². The van der Waals surface area contributed by atoms with E-state index in [9.17, 15) is 5.11 Å². The van der Waals surface area contributed by atoms with Crippen molar-refractivity contribution in [3.05, 3.63) is 0 Å². The van der Waals surface area contributed by atoms with Gasteiger partial charge in [-0.25, -0.2) is 0 Å². The highest BCUT2D eigenvalue weighted by Crippen LogP contribution is 2.04. The minimum Gasteiger partial charge on any atom is -0.396 e. The molecule has 0 bridgehead atoms. The molecule has 0 aliphatic carbocycles. The zero-order valence-electron chi connectivity index (χ0n) is 8.71. The van der Waals surface area contributed by atoms with Gasteiger partial charge in [0.1, 0.15) is 0 Å². The highest BCUT2D eigenvalue weighted by molar-refractivity contribution is 4.79. The standard InChI is InChI=1S/C9H21NO5/c11-3-1-8(9(15)2-4-12)10-7(5-13)6-14/h7-15H,1-6H2/t8-,9+/m1/s1. The summed E-state index contributed by atoms with van der Waals surface area (Å²) < 4.78 is 0. The van der Waals surface area contributed by atoms with E-state index in [0.29, 0.717) is 6.42 Å². The normalized spacial score (nSPS) is 15.6. The molecule has 0 aromatic carbocycles. The van der Waals surface area contributed by atoms with Crippen molar-refractivity contribution < 1.29 is 25.5 Å². The van der Waals surface area contributed by atoms with E-state index in [0.717, 1.165) is 0 Å². The van der Waals surface area contributed by atoms with Crippen LogP contribution in [0.2, 0.25) is 0 Å². The fourth-order valence-electron chi connectivity index (χ4n) is 1.33. The van der Waals surface area contributed by atoms with Crippen LogP contribution in [-0.4, -0.2) is 70.1 Å². The van der Waals surface area contributed by atoms with Gasteiger partial charge in [0, 0.05) is 19.3 Å². The Kier molecular flexibility index (Phi) is 8.88. The van der Waals surface area contributed by atoms with Crippen LogP contribution in [0.15, 0.2) is 0 Å². The summed E-state index contributed by atoms with van der Waals surface area (Å²) >= 11 is 0. The molecule has 0 radical (unpaired) electrons. The number of aliphatic hydroxyl groups is 5. The van der Waals surface area contributed by atoms with Gasteiger partial charge >= 0.3 is 0 Å². The van der Waals surface area contributed by atoms with E-state index in [1.54, 1.807) is 0 Å². The zero-order chi connectivity index (χ0) is 11.7. The molecule has 6 N–H and O–H groups in total. The van der Waals surface area contributed by atoms with Crippen molar-refractivity contribution in [2.75, 3.05) is 26.4 Å². The zero-order valence-corrected chi connectivity index (χ0v) is 8.71. The van der Waals surface area contributed by atoms with Crippen LogP contribution in [0.4, 0.5) is 0 Å². The fourth-order valence-corrected chi connectivity index (χ4v) is 1.33. The van der Waals surface area contributed by atoms with E-state index in [-0.39, 0.29) is 32.8 Å². The van der Waals surface area contributed by atoms with Gasteiger partial charge in [0.05, 0.1) is 25.4 Å². The van der Waals surface area contributed by atoms with Crippen molar-refractivity contribution in [2.24, 2.45) is 0 Å². The van der Waals surface area contributed by atoms with Gasteiger partial charge in [0.15, 0.2) is 0 Å². The van der Waals surface area contributed by atoms with Gasteiger partial charge < -0.3 is 30.8 Å². The van der Waals surface area contributed by atoms with Gasteiger partial charge in [0.25, 0.3) is 0 Å². The minimum absolute atomic E-state index is 0.107. The Balaban J connectivity index is 4.11. The van der Waals surface area contributed by atoms with Crippen LogP contribution in [0, 0.1) is 0 Å².